The van der Waals surface area contributed by atoms with E-state index in [2.05, 4.69) is 4.90 Å². The molecule has 2 rings (SSSR count). The topological polar surface area (TPSA) is 75.8 Å². The van der Waals surface area contributed by atoms with Crippen LogP contribution in [0.4, 0.5) is 5.69 Å². The van der Waals surface area contributed by atoms with E-state index in [1.54, 1.807) is 20.1 Å². The van der Waals surface area contributed by atoms with Crippen molar-refractivity contribution in [3.8, 4) is 5.75 Å². The molecule has 0 spiro atoms. The largest absolute Gasteiger partial charge is 0.494 e. The molecule has 1 heterocycles. The number of carbonyl (C=O) groups is 1. The SMILES string of the molecule is COc1c(N2CCCC2)cc(Cl)c([C@H](N)C(=O)O)c1C. The molecule has 0 aliphatic carbocycles. The monoisotopic (exact) mass is 298 g/mol. The van der Waals surface area contributed by atoms with Gasteiger partial charge in [0.25, 0.3) is 0 Å². The van der Waals surface area contributed by atoms with Gasteiger partial charge in [-0.05, 0) is 25.8 Å². The summed E-state index contributed by atoms with van der Waals surface area (Å²) in [4.78, 5) is 13.3. The molecule has 1 aliphatic heterocycles. The van der Waals surface area contributed by atoms with E-state index in [1.165, 1.54) is 0 Å². The first-order chi connectivity index (χ1) is 9.47. The van der Waals surface area contributed by atoms with Crippen LogP contribution in [0.25, 0.3) is 0 Å². The van der Waals surface area contributed by atoms with Crippen molar-refractivity contribution in [2.24, 2.45) is 5.73 Å². The summed E-state index contributed by atoms with van der Waals surface area (Å²) >= 11 is 6.26. The summed E-state index contributed by atoms with van der Waals surface area (Å²) in [5.74, 6) is -0.450. The van der Waals surface area contributed by atoms with Crippen molar-refractivity contribution < 1.29 is 14.6 Å². The molecule has 3 N–H and O–H groups in total. The molecule has 1 aromatic rings. The molecule has 6 heteroatoms. The van der Waals surface area contributed by atoms with Gasteiger partial charge in [0.15, 0.2) is 0 Å². The van der Waals surface area contributed by atoms with Crippen LogP contribution < -0.4 is 15.4 Å². The summed E-state index contributed by atoms with van der Waals surface area (Å²) < 4.78 is 5.47. The highest BCUT2D eigenvalue weighted by Gasteiger charge is 2.26. The Morgan fingerprint density at radius 3 is 2.60 bits per heavy atom. The molecule has 1 fully saturated rings. The number of rotatable bonds is 4. The fraction of sp³-hybridized carbons (Fsp3) is 0.500. The third-order valence-corrected chi connectivity index (χ3v) is 4.04. The van der Waals surface area contributed by atoms with E-state index in [-0.39, 0.29) is 0 Å². The minimum absolute atomic E-state index is 0.375. The molecule has 0 saturated carbocycles. The average Bonchev–Trinajstić information content (AvgIpc) is 2.91. The molecule has 5 nitrogen and oxygen atoms in total. The Hall–Kier alpha value is -1.46. The number of nitrogens with zero attached hydrogens (tertiary/aromatic N) is 1. The van der Waals surface area contributed by atoms with Gasteiger partial charge in [-0.25, -0.2) is 0 Å². The number of hydrogen-bond donors (Lipinski definition) is 2. The second-order valence-corrected chi connectivity index (χ2v) is 5.37. The second-order valence-electron chi connectivity index (χ2n) is 4.96. The Balaban J connectivity index is 2.55. The van der Waals surface area contributed by atoms with Gasteiger partial charge in [-0.15, -0.1) is 0 Å². The maximum Gasteiger partial charge on any atom is 0.325 e. The van der Waals surface area contributed by atoms with E-state index in [9.17, 15) is 4.79 Å². The van der Waals surface area contributed by atoms with E-state index in [1.807, 2.05) is 0 Å². The number of halogens is 1. The van der Waals surface area contributed by atoms with Crippen LogP contribution in [0.5, 0.6) is 5.75 Å². The molecular weight excluding hydrogens is 280 g/mol. The maximum atomic E-state index is 11.1. The lowest BCUT2D eigenvalue weighted by Crippen LogP contribution is -2.24. The van der Waals surface area contributed by atoms with Crippen molar-refractivity contribution in [1.82, 2.24) is 0 Å². The fourth-order valence-corrected chi connectivity index (χ4v) is 3.08. The van der Waals surface area contributed by atoms with Gasteiger partial charge in [-0.2, -0.15) is 0 Å². The predicted molar refractivity (Wildman–Crippen MR) is 78.8 cm³/mol. The van der Waals surface area contributed by atoms with Gasteiger partial charge in [-0.3, -0.25) is 4.79 Å². The molecule has 1 aliphatic rings. The minimum Gasteiger partial charge on any atom is -0.494 e. The van der Waals surface area contributed by atoms with Gasteiger partial charge in [0.1, 0.15) is 11.8 Å². The Kier molecular flexibility index (Phi) is 4.40. The summed E-state index contributed by atoms with van der Waals surface area (Å²) in [6, 6.07) is 0.612. The highest BCUT2D eigenvalue weighted by atomic mass is 35.5. The van der Waals surface area contributed by atoms with Crippen LogP contribution in [-0.2, 0) is 4.79 Å². The number of carboxylic acid groups (broad SMARTS) is 1. The number of aliphatic carboxylic acids is 1. The van der Waals surface area contributed by atoms with E-state index >= 15 is 0 Å². The number of ether oxygens (including phenoxy) is 1. The molecule has 1 saturated heterocycles. The van der Waals surface area contributed by atoms with Gasteiger partial charge in [0, 0.05) is 29.2 Å². The quantitative estimate of drug-likeness (QED) is 0.892. The first kappa shape index (κ1) is 14.9. The third kappa shape index (κ3) is 2.55. The van der Waals surface area contributed by atoms with Crippen LogP contribution in [0.1, 0.15) is 30.0 Å². The third-order valence-electron chi connectivity index (χ3n) is 3.73. The van der Waals surface area contributed by atoms with Gasteiger partial charge in [0.05, 0.1) is 12.8 Å². The average molecular weight is 299 g/mol. The van der Waals surface area contributed by atoms with E-state index < -0.39 is 12.0 Å². The lowest BCUT2D eigenvalue weighted by atomic mass is 9.99. The van der Waals surface area contributed by atoms with E-state index in [4.69, 9.17) is 27.2 Å². The Morgan fingerprint density at radius 2 is 2.10 bits per heavy atom. The van der Waals surface area contributed by atoms with Gasteiger partial charge in [-0.1, -0.05) is 11.6 Å². The first-order valence-corrected chi connectivity index (χ1v) is 6.95. The highest BCUT2D eigenvalue weighted by molar-refractivity contribution is 6.32. The van der Waals surface area contributed by atoms with Gasteiger partial charge < -0.3 is 20.5 Å². The molecule has 1 atom stereocenters. The Bertz CT molecular complexity index is 528. The lowest BCUT2D eigenvalue weighted by molar-refractivity contribution is -0.138. The van der Waals surface area contributed by atoms with Crippen LogP contribution in [0.15, 0.2) is 6.07 Å². The molecule has 0 bridgehead atoms. The Labute approximate surface area is 123 Å². The number of nitrogens with two attached hydrogens (primary N) is 1. The molecular formula is C14H19ClN2O3. The number of hydrogen-bond acceptors (Lipinski definition) is 4. The molecule has 20 heavy (non-hydrogen) atoms. The molecule has 110 valence electrons. The van der Waals surface area contributed by atoms with Crippen LogP contribution in [0.3, 0.4) is 0 Å². The summed E-state index contributed by atoms with van der Waals surface area (Å²) in [6.45, 7) is 3.70. The van der Waals surface area contributed by atoms with Crippen molar-refractivity contribution in [2.75, 3.05) is 25.1 Å². The normalized spacial score (nSPS) is 16.3. The van der Waals surface area contributed by atoms with Crippen LogP contribution in [0, 0.1) is 6.92 Å². The summed E-state index contributed by atoms with van der Waals surface area (Å²) in [6.07, 6.45) is 2.27. The lowest BCUT2D eigenvalue weighted by Gasteiger charge is -2.25. The zero-order valence-corrected chi connectivity index (χ0v) is 12.4. The standard InChI is InChI=1S/C14H19ClN2O3/c1-8-11(12(16)14(18)19)9(15)7-10(13(8)20-2)17-5-3-4-6-17/h7,12H,3-6,16H2,1-2H3,(H,18,19)/t12-/m0/s1. The van der Waals surface area contributed by atoms with Crippen molar-refractivity contribution in [1.29, 1.82) is 0 Å². The molecule has 0 amide bonds. The molecule has 1 aromatic carbocycles. The smallest absolute Gasteiger partial charge is 0.325 e. The molecule has 0 aromatic heterocycles. The summed E-state index contributed by atoms with van der Waals surface area (Å²) in [5.41, 5.74) is 7.73. The number of benzene rings is 1. The first-order valence-electron chi connectivity index (χ1n) is 6.57. The molecule has 0 unspecified atom stereocenters. The van der Waals surface area contributed by atoms with Crippen LogP contribution >= 0.6 is 11.6 Å². The van der Waals surface area contributed by atoms with Crippen molar-refractivity contribution >= 4 is 23.3 Å². The van der Waals surface area contributed by atoms with Crippen LogP contribution in [-0.4, -0.2) is 31.3 Å². The second kappa shape index (κ2) is 5.89. The number of carboxylic acids is 1. The zero-order chi connectivity index (χ0) is 14.9. The predicted octanol–water partition coefficient (Wildman–Crippen LogP) is 2.34. The summed E-state index contributed by atoms with van der Waals surface area (Å²) in [5, 5.41) is 9.47. The van der Waals surface area contributed by atoms with Gasteiger partial charge in [0.2, 0.25) is 0 Å². The van der Waals surface area contributed by atoms with Crippen LogP contribution in [0.2, 0.25) is 5.02 Å². The number of methoxy groups -OCH3 is 1. The fourth-order valence-electron chi connectivity index (χ4n) is 2.71. The maximum absolute atomic E-state index is 11.1. The number of anilines is 1. The Morgan fingerprint density at radius 1 is 1.50 bits per heavy atom. The summed E-state index contributed by atoms with van der Waals surface area (Å²) in [7, 11) is 1.58. The van der Waals surface area contributed by atoms with Gasteiger partial charge >= 0.3 is 5.97 Å². The van der Waals surface area contributed by atoms with Crippen molar-refractivity contribution in [3.63, 3.8) is 0 Å². The minimum atomic E-state index is -1.15. The van der Waals surface area contributed by atoms with E-state index in [0.29, 0.717) is 21.9 Å². The molecule has 0 radical (unpaired) electrons. The highest BCUT2D eigenvalue weighted by Crippen LogP contribution is 2.41. The van der Waals surface area contributed by atoms with E-state index in [0.717, 1.165) is 31.6 Å². The van der Waals surface area contributed by atoms with Crippen molar-refractivity contribution in [3.05, 3.63) is 22.2 Å². The zero-order valence-electron chi connectivity index (χ0n) is 11.6. The van der Waals surface area contributed by atoms with Crippen molar-refractivity contribution in [2.45, 2.75) is 25.8 Å².